The normalized spacial score (nSPS) is 17.0. The highest BCUT2D eigenvalue weighted by atomic mass is 16.5. The van der Waals surface area contributed by atoms with Crippen molar-refractivity contribution in [2.75, 3.05) is 0 Å². The maximum Gasteiger partial charge on any atom is 0.312 e. The summed E-state index contributed by atoms with van der Waals surface area (Å²) in [6.07, 6.45) is 2.79. The van der Waals surface area contributed by atoms with Crippen molar-refractivity contribution in [1.29, 1.82) is 0 Å². The van der Waals surface area contributed by atoms with Gasteiger partial charge in [0.1, 0.15) is 12.4 Å². The van der Waals surface area contributed by atoms with E-state index in [1.165, 1.54) is 0 Å². The lowest BCUT2D eigenvalue weighted by Gasteiger charge is -2.34. The standard InChI is InChI=1S/C17H22O3/c1-17(2,14-8-10-15(18)11-9-14)16(19)20-12-13-6-4-3-5-7-13/h3-7,14H,8-12H2,1-2H3. The molecule has 1 aromatic rings. The number of rotatable bonds is 4. The Morgan fingerprint density at radius 3 is 2.40 bits per heavy atom. The topological polar surface area (TPSA) is 43.4 Å². The zero-order chi connectivity index (χ0) is 14.6. The molecule has 1 aliphatic carbocycles. The van der Waals surface area contributed by atoms with E-state index < -0.39 is 5.41 Å². The predicted octanol–water partition coefficient (Wildman–Crippen LogP) is 3.52. The second kappa shape index (κ2) is 6.21. The van der Waals surface area contributed by atoms with Crippen LogP contribution in [0.3, 0.4) is 0 Å². The van der Waals surface area contributed by atoms with Crippen molar-refractivity contribution in [3.05, 3.63) is 35.9 Å². The summed E-state index contributed by atoms with van der Waals surface area (Å²) in [4.78, 5) is 23.6. The fourth-order valence-corrected chi connectivity index (χ4v) is 2.74. The summed E-state index contributed by atoms with van der Waals surface area (Å²) < 4.78 is 5.45. The van der Waals surface area contributed by atoms with Crippen LogP contribution in [0.4, 0.5) is 0 Å². The Balaban J connectivity index is 1.91. The molecule has 0 unspecified atom stereocenters. The number of carbonyl (C=O) groups is 2. The summed E-state index contributed by atoms with van der Waals surface area (Å²) in [5.41, 5.74) is 0.477. The van der Waals surface area contributed by atoms with Crippen LogP contribution in [0, 0.1) is 11.3 Å². The quantitative estimate of drug-likeness (QED) is 0.789. The number of carbonyl (C=O) groups excluding carboxylic acids is 2. The van der Waals surface area contributed by atoms with Gasteiger partial charge in [0.05, 0.1) is 5.41 Å². The Bertz CT molecular complexity index is 466. The fourth-order valence-electron chi connectivity index (χ4n) is 2.74. The minimum atomic E-state index is -0.518. The van der Waals surface area contributed by atoms with Crippen LogP contribution in [0.2, 0.25) is 0 Å². The van der Waals surface area contributed by atoms with Crippen LogP contribution in [0.15, 0.2) is 30.3 Å². The van der Waals surface area contributed by atoms with Crippen molar-refractivity contribution in [3.63, 3.8) is 0 Å². The second-order valence-electron chi connectivity index (χ2n) is 6.10. The summed E-state index contributed by atoms with van der Waals surface area (Å²) in [6.45, 7) is 4.18. The molecule has 0 spiro atoms. The van der Waals surface area contributed by atoms with Crippen LogP contribution in [-0.2, 0) is 20.9 Å². The van der Waals surface area contributed by atoms with Gasteiger partial charge in [-0.1, -0.05) is 30.3 Å². The molecule has 1 saturated carbocycles. The van der Waals surface area contributed by atoms with E-state index >= 15 is 0 Å². The Kier molecular flexibility index (Phi) is 4.58. The lowest BCUT2D eigenvalue weighted by molar-refractivity contribution is -0.160. The molecule has 0 radical (unpaired) electrons. The first-order chi connectivity index (χ1) is 9.50. The molecule has 1 aromatic carbocycles. The highest BCUT2D eigenvalue weighted by Crippen LogP contribution is 2.38. The van der Waals surface area contributed by atoms with Gasteiger partial charge < -0.3 is 4.74 Å². The van der Waals surface area contributed by atoms with Crippen molar-refractivity contribution in [1.82, 2.24) is 0 Å². The van der Waals surface area contributed by atoms with Crippen molar-refractivity contribution in [3.8, 4) is 0 Å². The van der Waals surface area contributed by atoms with Crippen molar-refractivity contribution >= 4 is 11.8 Å². The molecule has 3 heteroatoms. The summed E-state index contributed by atoms with van der Waals surface area (Å²) >= 11 is 0. The van der Waals surface area contributed by atoms with Crippen molar-refractivity contribution in [2.45, 2.75) is 46.1 Å². The van der Waals surface area contributed by atoms with Gasteiger partial charge in [-0.15, -0.1) is 0 Å². The van der Waals surface area contributed by atoms with E-state index in [1.54, 1.807) is 0 Å². The number of ether oxygens (including phenoxy) is 1. The number of Topliss-reactive ketones (excluding diaryl/α,β-unsaturated/α-hetero) is 1. The van der Waals surface area contributed by atoms with Crippen LogP contribution in [0.25, 0.3) is 0 Å². The molecule has 20 heavy (non-hydrogen) atoms. The van der Waals surface area contributed by atoms with Gasteiger partial charge in [0, 0.05) is 12.8 Å². The Labute approximate surface area is 120 Å². The number of hydrogen-bond donors (Lipinski definition) is 0. The van der Waals surface area contributed by atoms with Crippen LogP contribution in [0.5, 0.6) is 0 Å². The van der Waals surface area contributed by atoms with Gasteiger partial charge in [-0.3, -0.25) is 9.59 Å². The molecule has 3 nitrogen and oxygen atoms in total. The van der Waals surface area contributed by atoms with E-state index in [4.69, 9.17) is 4.74 Å². The van der Waals surface area contributed by atoms with Crippen molar-refractivity contribution in [2.24, 2.45) is 11.3 Å². The number of benzene rings is 1. The lowest BCUT2D eigenvalue weighted by atomic mass is 9.71. The lowest BCUT2D eigenvalue weighted by Crippen LogP contribution is -2.36. The largest absolute Gasteiger partial charge is 0.460 e. The second-order valence-corrected chi connectivity index (χ2v) is 6.10. The molecular weight excluding hydrogens is 252 g/mol. The molecule has 0 atom stereocenters. The van der Waals surface area contributed by atoms with E-state index in [1.807, 2.05) is 44.2 Å². The highest BCUT2D eigenvalue weighted by molar-refractivity contribution is 5.80. The molecule has 0 bridgehead atoms. The third kappa shape index (κ3) is 3.47. The molecule has 0 aromatic heterocycles. The van der Waals surface area contributed by atoms with Gasteiger partial charge >= 0.3 is 5.97 Å². The molecule has 0 heterocycles. The van der Waals surface area contributed by atoms with E-state index in [2.05, 4.69) is 0 Å². The van der Waals surface area contributed by atoms with E-state index in [0.717, 1.165) is 18.4 Å². The SMILES string of the molecule is CC(C)(C(=O)OCc1ccccc1)C1CCC(=O)CC1. The molecule has 1 fully saturated rings. The minimum absolute atomic E-state index is 0.166. The van der Waals surface area contributed by atoms with Gasteiger partial charge in [-0.2, -0.15) is 0 Å². The monoisotopic (exact) mass is 274 g/mol. The Hall–Kier alpha value is -1.64. The molecule has 2 rings (SSSR count). The highest BCUT2D eigenvalue weighted by Gasteiger charge is 2.39. The molecule has 0 N–H and O–H groups in total. The van der Waals surface area contributed by atoms with Crippen LogP contribution in [0.1, 0.15) is 45.1 Å². The van der Waals surface area contributed by atoms with Crippen LogP contribution in [-0.4, -0.2) is 11.8 Å². The van der Waals surface area contributed by atoms with Crippen molar-refractivity contribution < 1.29 is 14.3 Å². The number of hydrogen-bond acceptors (Lipinski definition) is 3. The average Bonchev–Trinajstić information content (AvgIpc) is 2.46. The Morgan fingerprint density at radius 2 is 1.80 bits per heavy atom. The van der Waals surface area contributed by atoms with Gasteiger partial charge in [0.25, 0.3) is 0 Å². The zero-order valence-electron chi connectivity index (χ0n) is 12.2. The summed E-state index contributed by atoms with van der Waals surface area (Å²) in [5, 5.41) is 0. The van der Waals surface area contributed by atoms with Crippen LogP contribution >= 0.6 is 0 Å². The Morgan fingerprint density at radius 1 is 1.20 bits per heavy atom. The molecule has 0 aliphatic heterocycles. The third-order valence-corrected chi connectivity index (χ3v) is 4.30. The molecule has 0 saturated heterocycles. The smallest absolute Gasteiger partial charge is 0.312 e. The fraction of sp³-hybridized carbons (Fsp3) is 0.529. The molecule has 108 valence electrons. The van der Waals surface area contributed by atoms with Gasteiger partial charge in [-0.25, -0.2) is 0 Å². The van der Waals surface area contributed by atoms with Gasteiger partial charge in [-0.05, 0) is 38.2 Å². The van der Waals surface area contributed by atoms with Gasteiger partial charge in [0.15, 0.2) is 0 Å². The third-order valence-electron chi connectivity index (χ3n) is 4.30. The first kappa shape index (κ1) is 14.8. The van der Waals surface area contributed by atoms with E-state index in [9.17, 15) is 9.59 Å². The average molecular weight is 274 g/mol. The summed E-state index contributed by atoms with van der Waals surface area (Å²) in [6, 6.07) is 9.69. The van der Waals surface area contributed by atoms with Crippen LogP contribution < -0.4 is 0 Å². The minimum Gasteiger partial charge on any atom is -0.460 e. The zero-order valence-corrected chi connectivity index (χ0v) is 12.2. The molecular formula is C17H22O3. The van der Waals surface area contributed by atoms with E-state index in [-0.39, 0.29) is 11.9 Å². The van der Waals surface area contributed by atoms with Gasteiger partial charge in [0.2, 0.25) is 0 Å². The first-order valence-electron chi connectivity index (χ1n) is 7.23. The number of esters is 1. The maximum atomic E-state index is 12.3. The summed E-state index contributed by atoms with van der Waals surface area (Å²) in [5.74, 6) is 0.388. The number of ketones is 1. The first-order valence-corrected chi connectivity index (χ1v) is 7.23. The molecule has 1 aliphatic rings. The maximum absolute atomic E-state index is 12.3. The molecule has 0 amide bonds. The predicted molar refractivity (Wildman–Crippen MR) is 77.0 cm³/mol. The van der Waals surface area contributed by atoms with E-state index in [0.29, 0.717) is 25.2 Å². The summed E-state index contributed by atoms with van der Waals surface area (Å²) in [7, 11) is 0.